The van der Waals surface area contributed by atoms with E-state index in [0.717, 1.165) is 16.2 Å². The number of anilines is 1. The minimum Gasteiger partial charge on any atom is -0.379 e. The van der Waals surface area contributed by atoms with Crippen molar-refractivity contribution < 1.29 is 14.4 Å². The minimum absolute atomic E-state index is 0.0858. The molecular weight excluding hydrogens is 380 g/mol. The Kier molecular flexibility index (Phi) is 7.32. The first-order valence-electron chi connectivity index (χ1n) is 10.2. The number of benzene rings is 2. The van der Waals surface area contributed by atoms with Crippen LogP contribution >= 0.6 is 0 Å². The van der Waals surface area contributed by atoms with Crippen molar-refractivity contribution in [1.29, 1.82) is 0 Å². The van der Waals surface area contributed by atoms with Gasteiger partial charge in [0.05, 0.1) is 17.5 Å². The van der Waals surface area contributed by atoms with Crippen LogP contribution in [0.1, 0.15) is 31.2 Å². The first kappa shape index (κ1) is 21.7. The molecule has 1 atom stereocenters. The lowest BCUT2D eigenvalue weighted by molar-refractivity contribution is -0.906. The zero-order valence-corrected chi connectivity index (χ0v) is 17.7. The molecular formula is C23H29N4O3+. The topological polar surface area (TPSA) is 88.5 Å². The maximum atomic E-state index is 12.8. The fraction of sp³-hybridized carbons (Fsp3) is 0.348. The van der Waals surface area contributed by atoms with Crippen molar-refractivity contribution in [1.82, 2.24) is 9.97 Å². The molecule has 7 heteroatoms. The summed E-state index contributed by atoms with van der Waals surface area (Å²) >= 11 is 0. The van der Waals surface area contributed by atoms with Crippen LogP contribution in [0.25, 0.3) is 10.9 Å². The molecule has 7 nitrogen and oxygen atoms in total. The first-order valence-corrected chi connectivity index (χ1v) is 10.2. The van der Waals surface area contributed by atoms with Crippen molar-refractivity contribution in [3.63, 3.8) is 0 Å². The predicted molar refractivity (Wildman–Crippen MR) is 118 cm³/mol. The average Bonchev–Trinajstić information content (AvgIpc) is 2.72. The molecule has 3 rings (SSSR count). The van der Waals surface area contributed by atoms with Gasteiger partial charge in [0.25, 0.3) is 11.5 Å². The molecule has 3 aromatic rings. The van der Waals surface area contributed by atoms with Crippen molar-refractivity contribution in [3.05, 3.63) is 70.3 Å². The number of aromatic amines is 1. The fourth-order valence-corrected chi connectivity index (χ4v) is 3.48. The van der Waals surface area contributed by atoms with E-state index in [2.05, 4.69) is 29.1 Å². The Balaban J connectivity index is 1.75. The van der Waals surface area contributed by atoms with Gasteiger partial charge in [0.1, 0.15) is 13.1 Å². The standard InChI is InChI=1S/C23H28N4O3/c1-16(2)17-8-4-6-10-19(17)25-22(28)15-27(12-13-30-3)14-21-24-20-11-7-5-9-18(20)23(29)26-21/h4-11,16H,12-15H2,1-3H3,(H,25,28)(H,24,26,29)/p+1. The predicted octanol–water partition coefficient (Wildman–Crippen LogP) is 1.72. The molecule has 30 heavy (non-hydrogen) atoms. The monoisotopic (exact) mass is 409 g/mol. The van der Waals surface area contributed by atoms with Crippen LogP contribution < -0.4 is 15.8 Å². The van der Waals surface area contributed by atoms with Crippen molar-refractivity contribution >= 4 is 22.5 Å². The van der Waals surface area contributed by atoms with Crippen LogP contribution in [0, 0.1) is 0 Å². The van der Waals surface area contributed by atoms with Crippen LogP contribution in [0.4, 0.5) is 5.69 Å². The first-order chi connectivity index (χ1) is 14.5. The van der Waals surface area contributed by atoms with Crippen molar-refractivity contribution in [2.24, 2.45) is 0 Å². The van der Waals surface area contributed by atoms with E-state index in [-0.39, 0.29) is 18.0 Å². The lowest BCUT2D eigenvalue weighted by atomic mass is 10.0. The number of amides is 1. The van der Waals surface area contributed by atoms with Gasteiger partial charge in [0.2, 0.25) is 0 Å². The number of quaternary nitrogens is 1. The number of nitrogens with one attached hydrogen (secondary N) is 3. The quantitative estimate of drug-likeness (QED) is 0.502. The maximum absolute atomic E-state index is 12.8. The fourth-order valence-electron chi connectivity index (χ4n) is 3.48. The van der Waals surface area contributed by atoms with Crippen molar-refractivity contribution in [2.75, 3.05) is 32.1 Å². The van der Waals surface area contributed by atoms with Gasteiger partial charge in [-0.2, -0.15) is 0 Å². The van der Waals surface area contributed by atoms with Crippen LogP contribution in [-0.4, -0.2) is 42.7 Å². The normalized spacial score (nSPS) is 12.3. The number of fused-ring (bicyclic) bond motifs is 1. The summed E-state index contributed by atoms with van der Waals surface area (Å²) in [5, 5.41) is 3.59. The van der Waals surface area contributed by atoms with Gasteiger partial charge >= 0.3 is 0 Å². The van der Waals surface area contributed by atoms with E-state index < -0.39 is 0 Å². The van der Waals surface area contributed by atoms with Crippen molar-refractivity contribution in [3.8, 4) is 0 Å². The van der Waals surface area contributed by atoms with Gasteiger partial charge in [-0.3, -0.25) is 9.59 Å². The number of ether oxygens (including phenoxy) is 1. The highest BCUT2D eigenvalue weighted by molar-refractivity contribution is 5.92. The molecule has 1 heterocycles. The van der Waals surface area contributed by atoms with E-state index in [1.54, 1.807) is 13.2 Å². The Hall–Kier alpha value is -3.03. The van der Waals surface area contributed by atoms with E-state index in [1.165, 1.54) is 0 Å². The van der Waals surface area contributed by atoms with E-state index in [1.807, 2.05) is 42.5 Å². The highest BCUT2D eigenvalue weighted by Gasteiger charge is 2.18. The maximum Gasteiger partial charge on any atom is 0.279 e. The second-order valence-electron chi connectivity index (χ2n) is 7.67. The molecule has 0 aliphatic heterocycles. The highest BCUT2D eigenvalue weighted by Crippen LogP contribution is 2.23. The van der Waals surface area contributed by atoms with Gasteiger partial charge < -0.3 is 19.9 Å². The van der Waals surface area contributed by atoms with Gasteiger partial charge in [-0.25, -0.2) is 4.98 Å². The van der Waals surface area contributed by atoms with Gasteiger partial charge in [-0.15, -0.1) is 0 Å². The van der Waals surface area contributed by atoms with Crippen LogP contribution in [0.2, 0.25) is 0 Å². The molecule has 158 valence electrons. The van der Waals surface area contributed by atoms with E-state index in [4.69, 9.17) is 4.74 Å². The third kappa shape index (κ3) is 5.52. The third-order valence-corrected chi connectivity index (χ3v) is 5.01. The second-order valence-corrected chi connectivity index (χ2v) is 7.67. The molecule has 0 aliphatic carbocycles. The number of carbonyl (C=O) groups is 1. The van der Waals surface area contributed by atoms with E-state index >= 15 is 0 Å². The number of H-pyrrole nitrogens is 1. The average molecular weight is 410 g/mol. The van der Waals surface area contributed by atoms with E-state index in [0.29, 0.717) is 42.3 Å². The number of hydrogen-bond donors (Lipinski definition) is 3. The largest absolute Gasteiger partial charge is 0.379 e. The number of hydrogen-bond acceptors (Lipinski definition) is 4. The lowest BCUT2D eigenvalue weighted by Crippen LogP contribution is -3.12. The lowest BCUT2D eigenvalue weighted by Gasteiger charge is -2.19. The molecule has 0 spiro atoms. The van der Waals surface area contributed by atoms with Gasteiger partial charge in [0, 0.05) is 12.8 Å². The summed E-state index contributed by atoms with van der Waals surface area (Å²) in [6.45, 7) is 5.98. The summed E-state index contributed by atoms with van der Waals surface area (Å²) in [7, 11) is 1.63. The number of rotatable bonds is 9. The van der Waals surface area contributed by atoms with Crippen LogP contribution in [-0.2, 0) is 16.1 Å². The summed E-state index contributed by atoms with van der Waals surface area (Å²) in [4.78, 5) is 33.5. The number of aromatic nitrogens is 2. The number of methoxy groups -OCH3 is 1. The molecule has 0 saturated heterocycles. The number of nitrogens with zero attached hydrogens (tertiary/aromatic N) is 1. The summed E-state index contributed by atoms with van der Waals surface area (Å²) in [6, 6.07) is 15.1. The SMILES string of the molecule is COCC[NH+](CC(=O)Nc1ccccc1C(C)C)Cc1nc2ccccc2c(=O)[nH]1. The molecule has 1 unspecified atom stereocenters. The Morgan fingerprint density at radius 3 is 2.67 bits per heavy atom. The molecule has 0 saturated carbocycles. The third-order valence-electron chi connectivity index (χ3n) is 5.01. The molecule has 1 amide bonds. The van der Waals surface area contributed by atoms with Crippen LogP contribution in [0.5, 0.6) is 0 Å². The van der Waals surface area contributed by atoms with Crippen LogP contribution in [0.15, 0.2) is 53.3 Å². The van der Waals surface area contributed by atoms with Crippen LogP contribution in [0.3, 0.4) is 0 Å². The minimum atomic E-state index is -0.169. The number of para-hydroxylation sites is 2. The zero-order valence-electron chi connectivity index (χ0n) is 17.7. The molecule has 2 aromatic carbocycles. The van der Waals surface area contributed by atoms with E-state index in [9.17, 15) is 9.59 Å². The number of carbonyl (C=O) groups excluding carboxylic acids is 1. The molecule has 0 aliphatic rings. The van der Waals surface area contributed by atoms with Crippen molar-refractivity contribution in [2.45, 2.75) is 26.3 Å². The molecule has 0 radical (unpaired) electrons. The summed E-state index contributed by atoms with van der Waals surface area (Å²) in [5.41, 5.74) is 2.42. The van der Waals surface area contributed by atoms with Gasteiger partial charge in [-0.05, 0) is 29.7 Å². The smallest absolute Gasteiger partial charge is 0.279 e. The zero-order chi connectivity index (χ0) is 21.5. The molecule has 0 bridgehead atoms. The summed E-state index contributed by atoms with van der Waals surface area (Å²) in [6.07, 6.45) is 0. The van der Waals surface area contributed by atoms with Gasteiger partial charge in [0.15, 0.2) is 12.4 Å². The van der Waals surface area contributed by atoms with Gasteiger partial charge in [-0.1, -0.05) is 44.2 Å². The Morgan fingerprint density at radius 2 is 1.90 bits per heavy atom. The highest BCUT2D eigenvalue weighted by atomic mass is 16.5. The Morgan fingerprint density at radius 1 is 1.17 bits per heavy atom. The second kappa shape index (κ2) is 10.1. The molecule has 0 fully saturated rings. The molecule has 3 N–H and O–H groups in total. The summed E-state index contributed by atoms with van der Waals surface area (Å²) in [5.74, 6) is 0.780. The Labute approximate surface area is 176 Å². The Bertz CT molecular complexity index is 1060. The molecule has 1 aromatic heterocycles. The summed E-state index contributed by atoms with van der Waals surface area (Å²) < 4.78 is 5.21.